The molecule has 140 valence electrons. The third-order valence-electron chi connectivity index (χ3n) is 7.08. The molecule has 0 aliphatic heterocycles. The predicted molar refractivity (Wildman–Crippen MR) is 102 cm³/mol. The van der Waals surface area contributed by atoms with Crippen molar-refractivity contribution < 1.29 is 9.59 Å². The molecule has 1 aromatic rings. The minimum absolute atomic E-state index is 0.0526. The van der Waals surface area contributed by atoms with Crippen LogP contribution in [0.25, 0.3) is 0 Å². The van der Waals surface area contributed by atoms with Gasteiger partial charge >= 0.3 is 0 Å². The Hall–Kier alpha value is -1.40. The number of carbonyl (C=O) groups is 2. The molecule has 0 spiro atoms. The minimum Gasteiger partial charge on any atom is -0.365 e. The van der Waals surface area contributed by atoms with Crippen LogP contribution in [0.3, 0.4) is 0 Å². The quantitative estimate of drug-likeness (QED) is 0.742. The summed E-state index contributed by atoms with van der Waals surface area (Å²) in [5.41, 5.74) is 7.37. The highest BCUT2D eigenvalue weighted by molar-refractivity contribution is 7.17. The van der Waals surface area contributed by atoms with Crippen LogP contribution in [0.1, 0.15) is 65.7 Å². The van der Waals surface area contributed by atoms with Gasteiger partial charge in [0, 0.05) is 10.4 Å². The lowest BCUT2D eigenvalue weighted by atomic mass is 9.53. The smallest absolute Gasteiger partial charge is 0.251 e. The van der Waals surface area contributed by atoms with E-state index in [1.807, 2.05) is 0 Å². The monoisotopic (exact) mass is 373 g/mol. The van der Waals surface area contributed by atoms with Gasteiger partial charge < -0.3 is 16.4 Å². The van der Waals surface area contributed by atoms with Crippen molar-refractivity contribution in [1.29, 1.82) is 0 Å². The molecule has 6 heteroatoms. The van der Waals surface area contributed by atoms with Crippen LogP contribution in [0.5, 0.6) is 0 Å². The molecule has 1 heterocycles. The first-order chi connectivity index (χ1) is 12.5. The first-order valence-electron chi connectivity index (χ1n) is 10.0. The van der Waals surface area contributed by atoms with E-state index in [2.05, 4.69) is 10.6 Å². The molecule has 4 saturated carbocycles. The molecular formula is C20H27N3O2S. The maximum Gasteiger partial charge on any atom is 0.251 e. The molecular weight excluding hydrogens is 346 g/mol. The molecule has 0 unspecified atom stereocenters. The van der Waals surface area contributed by atoms with Crippen LogP contribution >= 0.6 is 11.3 Å². The molecule has 5 aliphatic rings. The number of hydrogen-bond donors (Lipinski definition) is 3. The Morgan fingerprint density at radius 1 is 1.08 bits per heavy atom. The molecule has 2 amide bonds. The number of fused-ring (bicyclic) bond motifs is 1. The first kappa shape index (κ1) is 16.8. The van der Waals surface area contributed by atoms with Gasteiger partial charge in [-0.05, 0) is 81.1 Å². The first-order valence-corrected chi connectivity index (χ1v) is 10.8. The van der Waals surface area contributed by atoms with Crippen molar-refractivity contribution in [2.75, 3.05) is 11.9 Å². The number of hydrogen-bond acceptors (Lipinski definition) is 4. The highest BCUT2D eigenvalue weighted by atomic mass is 32.1. The summed E-state index contributed by atoms with van der Waals surface area (Å²) in [4.78, 5) is 25.7. The van der Waals surface area contributed by atoms with E-state index in [1.54, 1.807) is 0 Å². The van der Waals surface area contributed by atoms with Gasteiger partial charge in [-0.25, -0.2) is 0 Å². The molecule has 0 atom stereocenters. The van der Waals surface area contributed by atoms with Crippen molar-refractivity contribution in [2.45, 2.75) is 63.3 Å². The summed E-state index contributed by atoms with van der Waals surface area (Å²) < 4.78 is 0. The second-order valence-corrected chi connectivity index (χ2v) is 10.1. The number of primary amides is 1. The Balaban J connectivity index is 1.26. The standard InChI is InChI=1S/C20H27N3O2S/c21-18(25)17-14-2-1-3-15(14)26-19(17)23-16(24)10-22-20-7-11-4-12(8-20)6-13(5-11)9-20/h11-13,22H,1-10H2,(H2,21,25)(H,23,24). The zero-order valence-electron chi connectivity index (χ0n) is 15.1. The van der Waals surface area contributed by atoms with Gasteiger partial charge in [-0.1, -0.05) is 0 Å². The van der Waals surface area contributed by atoms with Crippen LogP contribution in [0.4, 0.5) is 5.00 Å². The number of anilines is 1. The molecule has 4 bridgehead atoms. The number of nitrogens with two attached hydrogens (primary N) is 1. The van der Waals surface area contributed by atoms with Gasteiger partial charge in [0.25, 0.3) is 5.91 Å². The molecule has 1 aromatic heterocycles. The molecule has 0 saturated heterocycles. The second-order valence-electron chi connectivity index (χ2n) is 9.03. The topological polar surface area (TPSA) is 84.2 Å². The summed E-state index contributed by atoms with van der Waals surface area (Å²) in [6.45, 7) is 0.326. The summed E-state index contributed by atoms with van der Waals surface area (Å²) in [6, 6.07) is 0. The fourth-order valence-corrected chi connectivity index (χ4v) is 7.83. The predicted octanol–water partition coefficient (Wildman–Crippen LogP) is 2.83. The zero-order chi connectivity index (χ0) is 17.9. The molecule has 26 heavy (non-hydrogen) atoms. The summed E-state index contributed by atoms with van der Waals surface area (Å²) in [7, 11) is 0. The number of carbonyl (C=O) groups excluding carboxylic acids is 2. The second kappa shape index (κ2) is 6.06. The van der Waals surface area contributed by atoms with E-state index in [1.165, 1.54) is 54.7 Å². The minimum atomic E-state index is -0.422. The van der Waals surface area contributed by atoms with Gasteiger partial charge in [-0.3, -0.25) is 9.59 Å². The average Bonchev–Trinajstić information content (AvgIpc) is 3.12. The fraction of sp³-hybridized carbons (Fsp3) is 0.700. The lowest BCUT2D eigenvalue weighted by Gasteiger charge is -2.57. The van der Waals surface area contributed by atoms with Crippen molar-refractivity contribution in [3.8, 4) is 0 Å². The molecule has 4 fully saturated rings. The Labute approximate surface area is 158 Å². The van der Waals surface area contributed by atoms with E-state index in [9.17, 15) is 9.59 Å². The molecule has 5 nitrogen and oxygen atoms in total. The Kier molecular flexibility index (Phi) is 3.90. The highest BCUT2D eigenvalue weighted by Gasteiger charge is 2.50. The number of aryl methyl sites for hydroxylation is 1. The number of rotatable bonds is 5. The van der Waals surface area contributed by atoms with Crippen LogP contribution < -0.4 is 16.4 Å². The summed E-state index contributed by atoms with van der Waals surface area (Å²) >= 11 is 1.53. The van der Waals surface area contributed by atoms with E-state index in [0.29, 0.717) is 17.1 Å². The third kappa shape index (κ3) is 2.78. The van der Waals surface area contributed by atoms with E-state index < -0.39 is 5.91 Å². The highest BCUT2D eigenvalue weighted by Crippen LogP contribution is 2.55. The van der Waals surface area contributed by atoms with Crippen molar-refractivity contribution in [1.82, 2.24) is 5.32 Å². The Morgan fingerprint density at radius 2 is 1.73 bits per heavy atom. The van der Waals surface area contributed by atoms with Gasteiger partial charge in [-0.2, -0.15) is 0 Å². The van der Waals surface area contributed by atoms with Gasteiger partial charge in [-0.15, -0.1) is 11.3 Å². The number of nitrogens with one attached hydrogen (secondary N) is 2. The van der Waals surface area contributed by atoms with Crippen LogP contribution in [0.2, 0.25) is 0 Å². The zero-order valence-corrected chi connectivity index (χ0v) is 15.9. The Morgan fingerprint density at radius 3 is 2.35 bits per heavy atom. The van der Waals surface area contributed by atoms with Crippen LogP contribution in [0, 0.1) is 17.8 Å². The number of thiophene rings is 1. The van der Waals surface area contributed by atoms with Gasteiger partial charge in [0.15, 0.2) is 0 Å². The van der Waals surface area contributed by atoms with Crippen molar-refractivity contribution in [2.24, 2.45) is 23.5 Å². The molecule has 5 aliphatic carbocycles. The SMILES string of the molecule is NC(=O)c1c(NC(=O)CNC23CC4CC(CC(C4)C2)C3)sc2c1CCC2. The van der Waals surface area contributed by atoms with Crippen LogP contribution in [0.15, 0.2) is 0 Å². The van der Waals surface area contributed by atoms with E-state index in [-0.39, 0.29) is 11.4 Å². The molecule has 4 N–H and O–H groups in total. The van der Waals surface area contributed by atoms with E-state index >= 15 is 0 Å². The molecule has 0 radical (unpaired) electrons. The van der Waals surface area contributed by atoms with Crippen molar-refractivity contribution in [3.05, 3.63) is 16.0 Å². The van der Waals surface area contributed by atoms with Crippen molar-refractivity contribution >= 4 is 28.2 Å². The lowest BCUT2D eigenvalue weighted by molar-refractivity contribution is -0.116. The lowest BCUT2D eigenvalue weighted by Crippen LogP contribution is -2.59. The fourth-order valence-electron chi connectivity index (χ4n) is 6.52. The van der Waals surface area contributed by atoms with Gasteiger partial charge in [0.1, 0.15) is 5.00 Å². The third-order valence-corrected chi connectivity index (χ3v) is 8.29. The van der Waals surface area contributed by atoms with Crippen LogP contribution in [-0.4, -0.2) is 23.9 Å². The van der Waals surface area contributed by atoms with Crippen molar-refractivity contribution in [3.63, 3.8) is 0 Å². The van der Waals surface area contributed by atoms with E-state index in [4.69, 9.17) is 5.73 Å². The Bertz CT molecular complexity index is 734. The largest absolute Gasteiger partial charge is 0.365 e. The van der Waals surface area contributed by atoms with Gasteiger partial charge in [0.2, 0.25) is 5.91 Å². The maximum absolute atomic E-state index is 12.6. The van der Waals surface area contributed by atoms with Gasteiger partial charge in [0.05, 0.1) is 12.1 Å². The number of amides is 2. The summed E-state index contributed by atoms with van der Waals surface area (Å²) in [5, 5.41) is 7.24. The summed E-state index contributed by atoms with van der Waals surface area (Å²) in [5.74, 6) is 2.10. The molecule has 6 rings (SSSR count). The summed E-state index contributed by atoms with van der Waals surface area (Å²) in [6.07, 6.45) is 10.8. The van der Waals surface area contributed by atoms with E-state index in [0.717, 1.165) is 42.6 Å². The molecule has 0 aromatic carbocycles. The van der Waals surface area contributed by atoms with Crippen LogP contribution in [-0.2, 0) is 17.6 Å². The average molecular weight is 374 g/mol. The normalized spacial score (nSPS) is 34.1. The maximum atomic E-state index is 12.6.